The number of hydrogen-bond acceptors (Lipinski definition) is 6. The van der Waals surface area contributed by atoms with Gasteiger partial charge in [0.25, 0.3) is 5.56 Å². The monoisotopic (exact) mass is 372 g/mol. The lowest BCUT2D eigenvalue weighted by atomic mass is 10.2. The fourth-order valence-electron chi connectivity index (χ4n) is 1.93. The third-order valence-corrected chi connectivity index (χ3v) is 4.94. The van der Waals surface area contributed by atoms with Gasteiger partial charge in [-0.25, -0.2) is 18.2 Å². The molecule has 0 atom stereocenters. The van der Waals surface area contributed by atoms with E-state index in [-0.39, 0.29) is 23.0 Å². The van der Waals surface area contributed by atoms with Crippen LogP contribution in [0.15, 0.2) is 28.2 Å². The van der Waals surface area contributed by atoms with Crippen molar-refractivity contribution in [3.8, 4) is 0 Å². The van der Waals surface area contributed by atoms with Gasteiger partial charge in [-0.1, -0.05) is 35.2 Å². The number of benzene rings is 1. The zero-order valence-corrected chi connectivity index (χ0v) is 13.7. The van der Waals surface area contributed by atoms with Gasteiger partial charge in [-0.3, -0.25) is 4.79 Å². The van der Waals surface area contributed by atoms with Gasteiger partial charge < -0.3 is 10.3 Å². The number of thioether (sulfide) groups is 1. The van der Waals surface area contributed by atoms with Crippen LogP contribution in [0, 0.1) is 11.6 Å². The number of aromatic nitrogens is 3. The molecule has 0 spiro atoms. The van der Waals surface area contributed by atoms with Gasteiger partial charge in [-0.15, -0.1) is 0 Å². The molecule has 0 unspecified atom stereocenters. The molecule has 2 N–H and O–H groups in total. The zero-order chi connectivity index (χ0) is 17.1. The molecule has 3 rings (SSSR count). The summed E-state index contributed by atoms with van der Waals surface area (Å²) in [6.07, 6.45) is 0. The minimum atomic E-state index is -0.923. The van der Waals surface area contributed by atoms with Gasteiger partial charge in [0.05, 0.1) is 0 Å². The van der Waals surface area contributed by atoms with Crippen molar-refractivity contribution >= 4 is 38.6 Å². The molecule has 0 aliphatic rings. The zero-order valence-electron chi connectivity index (χ0n) is 12.1. The van der Waals surface area contributed by atoms with Gasteiger partial charge >= 0.3 is 0 Å². The average molecular weight is 372 g/mol. The van der Waals surface area contributed by atoms with E-state index in [1.54, 1.807) is 0 Å². The van der Waals surface area contributed by atoms with Gasteiger partial charge in [0.1, 0.15) is 11.4 Å². The highest BCUT2D eigenvalue weighted by molar-refractivity contribution is 7.98. The molecule has 0 radical (unpaired) electrons. The molecule has 2 aromatic heterocycles. The van der Waals surface area contributed by atoms with Gasteiger partial charge in [0, 0.05) is 17.9 Å². The summed E-state index contributed by atoms with van der Waals surface area (Å²) in [4.78, 5) is 22.9. The van der Waals surface area contributed by atoms with Crippen LogP contribution in [-0.2, 0) is 5.75 Å². The average Bonchev–Trinajstić information content (AvgIpc) is 2.98. The Morgan fingerprint density at radius 1 is 1.29 bits per heavy atom. The molecule has 10 heteroatoms. The number of anilines is 1. The molecule has 0 aliphatic heterocycles. The first-order chi connectivity index (χ1) is 11.6. The SMILES string of the molecule is O=c1nc(SCc2cccc(F)c2F)[nH]c2nc(NCCF)sc12. The van der Waals surface area contributed by atoms with E-state index in [1.807, 2.05) is 0 Å². The standard InChI is InChI=1S/C14H11F3N4OS2/c15-4-5-18-13-19-11-10(24-13)12(22)21-14(20-11)23-6-7-2-1-3-8(16)9(7)17/h1-3H,4-6H2,(H2,18,19,20,21,22). The molecule has 5 nitrogen and oxygen atoms in total. The van der Waals surface area contributed by atoms with Gasteiger partial charge in [0.2, 0.25) is 0 Å². The van der Waals surface area contributed by atoms with E-state index >= 15 is 0 Å². The van der Waals surface area contributed by atoms with Gasteiger partial charge in [0.15, 0.2) is 27.6 Å². The number of nitrogens with one attached hydrogen (secondary N) is 2. The van der Waals surface area contributed by atoms with Crippen molar-refractivity contribution in [2.75, 3.05) is 18.5 Å². The smallest absolute Gasteiger partial charge is 0.293 e. The summed E-state index contributed by atoms with van der Waals surface area (Å²) in [5.74, 6) is -1.73. The first kappa shape index (κ1) is 16.8. The van der Waals surface area contributed by atoms with Crippen molar-refractivity contribution in [2.45, 2.75) is 10.9 Å². The summed E-state index contributed by atoms with van der Waals surface area (Å²) in [5.41, 5.74) is 0.0201. The molecule has 1 aromatic carbocycles. The highest BCUT2D eigenvalue weighted by atomic mass is 32.2. The number of nitrogens with zero attached hydrogens (tertiary/aromatic N) is 2. The van der Waals surface area contributed by atoms with Crippen LogP contribution in [0.1, 0.15) is 5.56 Å². The number of H-pyrrole nitrogens is 1. The summed E-state index contributed by atoms with van der Waals surface area (Å²) >= 11 is 2.14. The number of fused-ring (bicyclic) bond motifs is 1. The lowest BCUT2D eigenvalue weighted by molar-refractivity contribution is 0.502. The molecule has 0 saturated heterocycles. The quantitative estimate of drug-likeness (QED) is 0.513. The van der Waals surface area contributed by atoms with Gasteiger partial charge in [-0.2, -0.15) is 4.98 Å². The summed E-state index contributed by atoms with van der Waals surface area (Å²) in [7, 11) is 0. The van der Waals surface area contributed by atoms with Crippen LogP contribution in [0.2, 0.25) is 0 Å². The third-order valence-electron chi connectivity index (χ3n) is 3.02. The second kappa shape index (κ2) is 7.22. The molecular formula is C14H11F3N4OS2. The summed E-state index contributed by atoms with van der Waals surface area (Å²) < 4.78 is 39.3. The number of hydrogen-bond donors (Lipinski definition) is 2. The predicted molar refractivity (Wildman–Crippen MR) is 88.4 cm³/mol. The van der Waals surface area contributed by atoms with E-state index in [9.17, 15) is 18.0 Å². The molecule has 2 heterocycles. The molecule has 0 amide bonds. The van der Waals surface area contributed by atoms with Crippen molar-refractivity contribution in [3.63, 3.8) is 0 Å². The van der Waals surface area contributed by atoms with E-state index in [2.05, 4.69) is 20.3 Å². The highest BCUT2D eigenvalue weighted by Crippen LogP contribution is 2.25. The van der Waals surface area contributed by atoms with Crippen LogP contribution in [-0.4, -0.2) is 28.2 Å². The Balaban J connectivity index is 1.82. The number of alkyl halides is 1. The molecule has 0 saturated carbocycles. The molecule has 0 aliphatic carbocycles. The van der Waals surface area contributed by atoms with E-state index in [1.165, 1.54) is 12.1 Å². The Morgan fingerprint density at radius 3 is 2.92 bits per heavy atom. The minimum absolute atomic E-state index is 0.0991. The first-order valence-electron chi connectivity index (χ1n) is 6.85. The van der Waals surface area contributed by atoms with Crippen LogP contribution in [0.3, 0.4) is 0 Å². The number of halogens is 3. The predicted octanol–water partition coefficient (Wildman–Crippen LogP) is 3.33. The van der Waals surface area contributed by atoms with E-state index in [4.69, 9.17) is 0 Å². The Kier molecular flexibility index (Phi) is 5.05. The van der Waals surface area contributed by atoms with Crippen LogP contribution in [0.5, 0.6) is 0 Å². The molecule has 126 valence electrons. The summed E-state index contributed by atoms with van der Waals surface area (Å²) in [5, 5.41) is 3.41. The fraction of sp³-hybridized carbons (Fsp3) is 0.214. The highest BCUT2D eigenvalue weighted by Gasteiger charge is 2.12. The lowest BCUT2D eigenvalue weighted by Gasteiger charge is -2.03. The minimum Gasteiger partial charge on any atom is -0.359 e. The summed E-state index contributed by atoms with van der Waals surface area (Å²) in [6.45, 7) is -0.454. The number of thiazole rings is 1. The number of rotatable bonds is 6. The van der Waals surface area contributed by atoms with Crippen LogP contribution >= 0.6 is 23.1 Å². The summed E-state index contributed by atoms with van der Waals surface area (Å²) in [6, 6.07) is 3.91. The van der Waals surface area contributed by atoms with Crippen molar-refractivity contribution < 1.29 is 13.2 Å². The van der Waals surface area contributed by atoms with Crippen LogP contribution in [0.25, 0.3) is 10.3 Å². The maximum absolute atomic E-state index is 13.6. The molecule has 3 aromatic rings. The Hall–Kier alpha value is -2.07. The van der Waals surface area contributed by atoms with Gasteiger partial charge in [-0.05, 0) is 6.07 Å². The maximum atomic E-state index is 13.6. The lowest BCUT2D eigenvalue weighted by Crippen LogP contribution is -2.07. The molecule has 0 bridgehead atoms. The largest absolute Gasteiger partial charge is 0.359 e. The first-order valence-corrected chi connectivity index (χ1v) is 8.65. The molecule has 24 heavy (non-hydrogen) atoms. The number of aromatic amines is 1. The molecular weight excluding hydrogens is 361 g/mol. The van der Waals surface area contributed by atoms with E-state index < -0.39 is 23.9 Å². The second-order valence-corrected chi connectivity index (χ2v) is 6.62. The Labute approximate surface area is 142 Å². The normalized spacial score (nSPS) is 11.1. The Morgan fingerprint density at radius 2 is 2.12 bits per heavy atom. The second-order valence-electron chi connectivity index (χ2n) is 4.66. The van der Waals surface area contributed by atoms with Crippen molar-refractivity contribution in [1.29, 1.82) is 0 Å². The van der Waals surface area contributed by atoms with Crippen molar-refractivity contribution in [3.05, 3.63) is 45.8 Å². The van der Waals surface area contributed by atoms with Crippen molar-refractivity contribution in [1.82, 2.24) is 15.0 Å². The third kappa shape index (κ3) is 3.54. The van der Waals surface area contributed by atoms with Crippen molar-refractivity contribution in [2.24, 2.45) is 0 Å². The van der Waals surface area contributed by atoms with Crippen LogP contribution in [0.4, 0.5) is 18.3 Å². The molecule has 0 fully saturated rings. The van der Waals surface area contributed by atoms with Crippen LogP contribution < -0.4 is 10.9 Å². The van der Waals surface area contributed by atoms with E-state index in [0.717, 1.165) is 29.2 Å². The Bertz CT molecular complexity index is 928. The fourth-order valence-corrected chi connectivity index (χ4v) is 3.59. The van der Waals surface area contributed by atoms with E-state index in [0.29, 0.717) is 15.5 Å². The maximum Gasteiger partial charge on any atom is 0.293 e. The topological polar surface area (TPSA) is 70.7 Å².